The summed E-state index contributed by atoms with van der Waals surface area (Å²) in [6.45, 7) is 0. The van der Waals surface area contributed by atoms with Crippen LogP contribution in [0.3, 0.4) is 0 Å². The van der Waals surface area contributed by atoms with Gasteiger partial charge in [-0.15, -0.1) is 0 Å². The summed E-state index contributed by atoms with van der Waals surface area (Å²) in [5, 5.41) is 38.9. The van der Waals surface area contributed by atoms with Gasteiger partial charge in [-0.2, -0.15) is 0 Å². The van der Waals surface area contributed by atoms with Gasteiger partial charge in [-0.05, 0) is 12.1 Å². The van der Waals surface area contributed by atoms with Crippen LogP contribution in [0.2, 0.25) is 0 Å². The number of benzene rings is 1. The molecule has 0 radical (unpaired) electrons. The number of para-hydroxylation sites is 2. The van der Waals surface area contributed by atoms with E-state index in [1.165, 1.54) is 0 Å². The molecule has 0 fully saturated rings. The summed E-state index contributed by atoms with van der Waals surface area (Å²) >= 11 is 0. The Morgan fingerprint density at radius 3 is 1.33 bits per heavy atom. The summed E-state index contributed by atoms with van der Waals surface area (Å²) in [4.78, 5) is 30.0. The molecule has 116 valence electrons. The SMILES string of the molecule is Nc1ccccc1N.O=C([O-])CC(O)(CC(=O)[O-])C(=O)[O-].[Na+].[Na+].[Na+]. The molecule has 0 amide bonds. The molecule has 0 aromatic heterocycles. The summed E-state index contributed by atoms with van der Waals surface area (Å²) in [6, 6.07) is 7.25. The molecule has 12 heteroatoms. The Hall–Kier alpha value is 0.190. The van der Waals surface area contributed by atoms with Crippen molar-refractivity contribution < 1.29 is 123 Å². The Morgan fingerprint density at radius 1 is 0.875 bits per heavy atom. The van der Waals surface area contributed by atoms with Gasteiger partial charge >= 0.3 is 88.7 Å². The van der Waals surface area contributed by atoms with Crippen LogP contribution >= 0.6 is 0 Å². The minimum absolute atomic E-state index is 0. The van der Waals surface area contributed by atoms with Gasteiger partial charge in [0, 0.05) is 24.8 Å². The van der Waals surface area contributed by atoms with Crippen LogP contribution in [0.1, 0.15) is 12.8 Å². The molecular weight excluding hydrogens is 353 g/mol. The first kappa shape index (κ1) is 31.9. The maximum atomic E-state index is 10.1. The number of carbonyl (C=O) groups excluding carboxylic acids is 3. The normalized spacial score (nSPS) is 8.88. The van der Waals surface area contributed by atoms with E-state index in [9.17, 15) is 29.7 Å². The van der Waals surface area contributed by atoms with Crippen molar-refractivity contribution in [3.05, 3.63) is 24.3 Å². The average molecular weight is 366 g/mol. The van der Waals surface area contributed by atoms with Crippen molar-refractivity contribution in [2.75, 3.05) is 11.5 Å². The largest absolute Gasteiger partial charge is 1.00 e. The van der Waals surface area contributed by atoms with Crippen LogP contribution in [0.25, 0.3) is 0 Å². The van der Waals surface area contributed by atoms with Crippen molar-refractivity contribution in [3.63, 3.8) is 0 Å². The maximum Gasteiger partial charge on any atom is 1.00 e. The van der Waals surface area contributed by atoms with E-state index in [1.807, 2.05) is 12.1 Å². The number of aliphatic carboxylic acids is 3. The van der Waals surface area contributed by atoms with Crippen LogP contribution in [-0.4, -0.2) is 28.6 Å². The Morgan fingerprint density at radius 2 is 1.17 bits per heavy atom. The van der Waals surface area contributed by atoms with E-state index in [0.29, 0.717) is 11.4 Å². The van der Waals surface area contributed by atoms with E-state index in [1.54, 1.807) is 12.1 Å². The summed E-state index contributed by atoms with van der Waals surface area (Å²) in [5.74, 6) is -5.98. The Labute approximate surface area is 204 Å². The van der Waals surface area contributed by atoms with Gasteiger partial charge in [0.1, 0.15) is 5.60 Å². The quantitative estimate of drug-likeness (QED) is 0.335. The van der Waals surface area contributed by atoms with Crippen molar-refractivity contribution in [1.29, 1.82) is 0 Å². The van der Waals surface area contributed by atoms with E-state index in [0.717, 1.165) is 0 Å². The van der Waals surface area contributed by atoms with Gasteiger partial charge in [-0.3, -0.25) is 0 Å². The first-order chi connectivity index (χ1) is 9.58. The molecule has 9 nitrogen and oxygen atoms in total. The van der Waals surface area contributed by atoms with Gasteiger partial charge in [0.15, 0.2) is 0 Å². The fourth-order valence-electron chi connectivity index (χ4n) is 1.20. The Balaban J connectivity index is -0.000000159. The molecule has 1 aromatic carbocycles. The predicted molar refractivity (Wildman–Crippen MR) is 64.5 cm³/mol. The molecule has 0 saturated heterocycles. The van der Waals surface area contributed by atoms with E-state index < -0.39 is 36.4 Å². The van der Waals surface area contributed by atoms with E-state index in [-0.39, 0.29) is 88.7 Å². The summed E-state index contributed by atoms with van der Waals surface area (Å²) in [7, 11) is 0. The number of nitrogen functional groups attached to an aromatic ring is 2. The van der Waals surface area contributed by atoms with Crippen LogP contribution in [0.5, 0.6) is 0 Å². The monoisotopic (exact) mass is 366 g/mol. The predicted octanol–water partition coefficient (Wildman–Crippen LogP) is -13.4. The van der Waals surface area contributed by atoms with Crippen molar-refractivity contribution >= 4 is 29.3 Å². The summed E-state index contributed by atoms with van der Waals surface area (Å²) in [6.07, 6.45) is -2.72. The maximum absolute atomic E-state index is 10.1. The van der Waals surface area contributed by atoms with Crippen LogP contribution in [-0.2, 0) is 14.4 Å². The number of carbonyl (C=O) groups is 3. The van der Waals surface area contributed by atoms with Crippen LogP contribution in [0.4, 0.5) is 11.4 Å². The van der Waals surface area contributed by atoms with Crippen LogP contribution in [0.15, 0.2) is 24.3 Å². The standard InChI is InChI=1S/C6H8N2.C6H8O7.3Na/c7-5-3-1-2-4-6(5)8;7-3(8)1-6(13,5(11)12)2-4(9)10;;;/h1-4H,7-8H2;13H,1-2H2,(H,7,8)(H,9,10)(H,11,12);;;/q;;3*+1/p-3. The fourth-order valence-corrected chi connectivity index (χ4v) is 1.20. The van der Waals surface area contributed by atoms with Gasteiger partial charge < -0.3 is 46.3 Å². The number of hydrogen-bond donors (Lipinski definition) is 3. The molecule has 0 aliphatic heterocycles. The molecule has 0 saturated carbocycles. The number of anilines is 2. The molecule has 5 N–H and O–H groups in total. The summed E-state index contributed by atoms with van der Waals surface area (Å²) in [5.41, 5.74) is 9.11. The van der Waals surface area contributed by atoms with Crippen LogP contribution < -0.4 is 115 Å². The zero-order chi connectivity index (χ0) is 16.6. The number of carboxylic acids is 3. The minimum atomic E-state index is -2.97. The molecule has 24 heavy (non-hydrogen) atoms. The molecule has 0 spiro atoms. The topological polar surface area (TPSA) is 193 Å². The second-order valence-electron chi connectivity index (χ2n) is 4.05. The second kappa shape index (κ2) is 15.4. The first-order valence-corrected chi connectivity index (χ1v) is 5.52. The van der Waals surface area contributed by atoms with Gasteiger partial charge in [0.25, 0.3) is 0 Å². The smallest absolute Gasteiger partial charge is 0.550 e. The third kappa shape index (κ3) is 13.5. The molecule has 0 unspecified atom stereocenters. The van der Waals surface area contributed by atoms with Crippen molar-refractivity contribution in [3.8, 4) is 0 Å². The molecule has 0 atom stereocenters. The Kier molecular flexibility index (Phi) is 20.5. The number of aliphatic hydroxyl groups is 1. The number of rotatable bonds is 5. The van der Waals surface area contributed by atoms with Gasteiger partial charge in [0.2, 0.25) is 0 Å². The third-order valence-electron chi connectivity index (χ3n) is 2.25. The number of carboxylic acid groups (broad SMARTS) is 3. The van der Waals surface area contributed by atoms with Gasteiger partial charge in [0.05, 0.1) is 17.3 Å². The first-order valence-electron chi connectivity index (χ1n) is 5.52. The van der Waals surface area contributed by atoms with Crippen molar-refractivity contribution in [2.24, 2.45) is 0 Å². The molecule has 0 aliphatic rings. The second-order valence-corrected chi connectivity index (χ2v) is 4.05. The number of nitrogens with two attached hydrogens (primary N) is 2. The molecule has 0 aliphatic carbocycles. The number of hydrogen-bond acceptors (Lipinski definition) is 9. The zero-order valence-corrected chi connectivity index (χ0v) is 19.8. The molecule has 1 rings (SSSR count). The molecule has 0 heterocycles. The molecule has 0 bridgehead atoms. The minimum Gasteiger partial charge on any atom is -0.550 e. The van der Waals surface area contributed by atoms with Crippen LogP contribution in [0, 0.1) is 0 Å². The average Bonchev–Trinajstić information content (AvgIpc) is 2.31. The Bertz CT molecular complexity index is 506. The zero-order valence-electron chi connectivity index (χ0n) is 13.8. The van der Waals surface area contributed by atoms with E-state index in [4.69, 9.17) is 16.6 Å². The van der Waals surface area contributed by atoms with E-state index in [2.05, 4.69) is 0 Å². The molecular formula is C12H13N2Na3O7. The third-order valence-corrected chi connectivity index (χ3v) is 2.25. The van der Waals surface area contributed by atoms with E-state index >= 15 is 0 Å². The fraction of sp³-hybridized carbons (Fsp3) is 0.250. The summed E-state index contributed by atoms with van der Waals surface area (Å²) < 4.78 is 0. The van der Waals surface area contributed by atoms with Gasteiger partial charge in [-0.25, -0.2) is 0 Å². The van der Waals surface area contributed by atoms with Gasteiger partial charge in [-0.1, -0.05) is 12.1 Å². The molecule has 1 aromatic rings. The van der Waals surface area contributed by atoms with Crippen molar-refractivity contribution in [1.82, 2.24) is 0 Å². The van der Waals surface area contributed by atoms with Crippen molar-refractivity contribution in [2.45, 2.75) is 18.4 Å².